The molecule has 0 aliphatic heterocycles. The Morgan fingerprint density at radius 2 is 0.719 bits per heavy atom. The van der Waals surface area contributed by atoms with Crippen molar-refractivity contribution >= 4 is 43.4 Å². The molecule has 0 radical (unpaired) electrons. The van der Waals surface area contributed by atoms with Gasteiger partial charge < -0.3 is 0 Å². The van der Waals surface area contributed by atoms with Crippen LogP contribution in [0, 0.1) is 6.85 Å². The van der Waals surface area contributed by atoms with Gasteiger partial charge in [0.2, 0.25) is 5.52 Å². The summed E-state index contributed by atoms with van der Waals surface area (Å²) < 4.78 is 43.5. The maximum absolute atomic E-state index is 7.81. The smallest absolute Gasteiger partial charge is 0.236 e. The van der Waals surface area contributed by atoms with Crippen molar-refractivity contribution in [3.63, 3.8) is 0 Å². The fourth-order valence-electron chi connectivity index (χ4n) is 18.3. The van der Waals surface area contributed by atoms with Crippen LogP contribution in [0.5, 0.6) is 0 Å². The molecule has 7 heterocycles. The maximum atomic E-state index is 7.81. The van der Waals surface area contributed by atoms with Crippen LogP contribution in [0.2, 0.25) is 0 Å². The van der Waals surface area contributed by atoms with E-state index in [9.17, 15) is 0 Å². The van der Waals surface area contributed by atoms with Crippen molar-refractivity contribution in [3.05, 3.63) is 336 Å². The van der Waals surface area contributed by atoms with Crippen molar-refractivity contribution in [3.8, 4) is 33.6 Å². The number of nitrogens with zero attached hydrogens (tertiary/aromatic N) is 10. The third kappa shape index (κ3) is 24.7. The Morgan fingerprint density at radius 1 is 0.305 bits per heavy atom. The number of para-hydroxylation sites is 3. The second kappa shape index (κ2) is 41.1. The second-order valence-corrected chi connectivity index (χ2v) is 43.5. The van der Waals surface area contributed by atoms with Crippen molar-refractivity contribution < 1.29 is 36.1 Å². The van der Waals surface area contributed by atoms with Gasteiger partial charge in [0.25, 0.3) is 18.0 Å². The SMILES string of the molecule is CC(C)c1cc(-c2ccccc2)cc(C(C)C)c1-n1cc[n+](C)c1C(C)(C)C.CC(C)c1cccc(C(C)C)c1-n1cc[n+](C)c1C(C)(C)C.C[n+]1c(C(C)(C)C)ccc2ccccc21.C[n+]1cc2ccccc2cc1C(C)(C)C.C[n+]1ccc2ccccc2c1C(C)(C)C.C[n+]1cnc2ccccc2c1C(C)(C)C.[2H]C([2H])([2H])c1c[n+](C)c(C(C)(C)C)cc1-c1ccccc1. The van der Waals surface area contributed by atoms with Gasteiger partial charge in [0.1, 0.15) is 70.0 Å². The van der Waals surface area contributed by atoms with Gasteiger partial charge in [-0.15, -0.1) is 0 Å². The molecule has 8 aromatic carbocycles. The van der Waals surface area contributed by atoms with Crippen LogP contribution in [0.4, 0.5) is 0 Å². The number of pyridine rings is 4. The van der Waals surface area contributed by atoms with Crippen LogP contribution < -0.4 is 32.0 Å². The fraction of sp³-hybridized carbons (Fsp3) is 0.407. The van der Waals surface area contributed by atoms with Gasteiger partial charge in [0, 0.05) is 105 Å². The van der Waals surface area contributed by atoms with Gasteiger partial charge in [-0.25, -0.2) is 27.4 Å². The Hall–Kier alpha value is -11.1. The van der Waals surface area contributed by atoms with Gasteiger partial charge in [-0.1, -0.05) is 299 Å². The molecule has 674 valence electrons. The summed E-state index contributed by atoms with van der Waals surface area (Å²) in [7, 11) is 14.6. The third-order valence-corrected chi connectivity index (χ3v) is 23.8. The van der Waals surface area contributed by atoms with E-state index in [2.05, 4.69) is 498 Å². The first-order valence-corrected chi connectivity index (χ1v) is 46.3. The molecule has 128 heavy (non-hydrogen) atoms. The van der Waals surface area contributed by atoms with Gasteiger partial charge in [-0.3, -0.25) is 0 Å². The van der Waals surface area contributed by atoms with Gasteiger partial charge in [-0.05, 0) is 159 Å². The quantitative estimate of drug-likeness (QED) is 0.140. The molecule has 10 heteroatoms. The van der Waals surface area contributed by atoms with E-state index < -0.39 is 6.85 Å². The first kappa shape index (κ1) is 96.0. The molecule has 0 aliphatic carbocycles. The highest BCUT2D eigenvalue weighted by molar-refractivity contribution is 5.85. The number of fused-ring (bicyclic) bond motifs is 4. The molecule has 0 spiro atoms. The zero-order valence-electron chi connectivity index (χ0n) is 88.2. The molecule has 10 nitrogen and oxygen atoms in total. The molecule has 15 aromatic rings. The van der Waals surface area contributed by atoms with Crippen molar-refractivity contribution in [1.82, 2.24) is 14.1 Å². The molecule has 0 saturated heterocycles. The van der Waals surface area contributed by atoms with Crippen molar-refractivity contribution in [2.45, 2.75) is 269 Å². The van der Waals surface area contributed by atoms with E-state index in [1.165, 1.54) is 117 Å². The second-order valence-electron chi connectivity index (χ2n) is 43.5. The molecule has 0 aliphatic rings. The standard InChI is InChI=1S/C26H35N2.C20H31N2.C17H22N.3C14H18N.C13H17N2/c1-18(2)22-16-21(20-12-10-9-11-13-20)17-23(19(3)4)24(22)28-15-14-27(8)25(28)26(5,6)7;1-14(2)16-10-9-11-17(15(3)4)18(16)22-13-12-21(8)19(22)20(5,6)7;1-13-12-18(5)16(17(2,3)4)11-15(13)14-9-7-6-8-10-14;1-14(2,3)13-9-11-7-5-6-8-12(11)10-15(13)4;1-14(2,3)13-12-8-6-5-7-11(12)9-10-15(13)4;1-14(2,3)13-10-9-11-7-5-6-8-12(11)15(13)4;1-13(2,3)12-10-7-5-6-8-11(10)14-9-15(12)4/h9-19H,1-8H3;9-15H,1-8H3;6-12H,1-5H3;3*5-10H,1-4H3;5-9H,1-4H3/q7*+1/i;;1D3;;;;. The van der Waals surface area contributed by atoms with E-state index in [-0.39, 0.29) is 37.9 Å². The monoisotopic (exact) mass is 1720 g/mol. The van der Waals surface area contributed by atoms with Gasteiger partial charge in [0.05, 0.1) is 37.4 Å². The van der Waals surface area contributed by atoms with Crippen LogP contribution in [0.3, 0.4) is 0 Å². The van der Waals surface area contributed by atoms with Gasteiger partial charge in [0.15, 0.2) is 46.9 Å². The Labute approximate surface area is 777 Å². The highest BCUT2D eigenvalue weighted by atomic mass is 15.2. The number of hydrogen-bond donors (Lipinski definition) is 0. The fourth-order valence-corrected chi connectivity index (χ4v) is 18.3. The molecule has 15 rings (SSSR count). The lowest BCUT2D eigenvalue weighted by molar-refractivity contribution is -0.683. The lowest BCUT2D eigenvalue weighted by atomic mass is 9.87. The molecular formula is C118H159N10+7. The first-order valence-electron chi connectivity index (χ1n) is 47.8. The summed E-state index contributed by atoms with van der Waals surface area (Å²) in [5.41, 5.74) is 22.8. The predicted molar refractivity (Wildman–Crippen MR) is 543 cm³/mol. The van der Waals surface area contributed by atoms with Crippen LogP contribution in [0.25, 0.3) is 77.0 Å². The summed E-state index contributed by atoms with van der Waals surface area (Å²) in [5, 5.41) is 7.84. The van der Waals surface area contributed by atoms with E-state index >= 15 is 0 Å². The zero-order valence-corrected chi connectivity index (χ0v) is 85.2. The Balaban J connectivity index is 0.000000174. The Morgan fingerprint density at radius 3 is 1.20 bits per heavy atom. The number of aromatic nitrogens is 10. The number of imidazole rings is 2. The zero-order chi connectivity index (χ0) is 97.3. The van der Waals surface area contributed by atoms with Gasteiger partial charge >= 0.3 is 0 Å². The minimum atomic E-state index is -2.13. The third-order valence-electron chi connectivity index (χ3n) is 23.8. The molecular weight excluding hydrogens is 1560 g/mol. The minimum absolute atomic E-state index is 0.0500. The van der Waals surface area contributed by atoms with E-state index in [0.29, 0.717) is 29.2 Å². The molecule has 0 bridgehead atoms. The van der Waals surface area contributed by atoms with E-state index in [4.69, 9.17) is 4.11 Å². The normalized spacial score (nSPS) is 12.5. The molecule has 0 amide bonds. The van der Waals surface area contributed by atoms with E-state index in [1.807, 2.05) is 60.4 Å². The lowest BCUT2D eigenvalue weighted by Crippen LogP contribution is -2.40. The predicted octanol–water partition coefficient (Wildman–Crippen LogP) is 26.4. The molecule has 0 unspecified atom stereocenters. The van der Waals surface area contributed by atoms with Crippen LogP contribution in [-0.2, 0) is 87.2 Å². The number of benzene rings is 8. The summed E-state index contributed by atoms with van der Waals surface area (Å²) in [6, 6.07) is 76.8. The largest absolute Gasteiger partial charge is 0.286 e. The number of rotatable bonds is 8. The molecule has 0 saturated carbocycles. The molecule has 0 atom stereocenters. The highest BCUT2D eigenvalue weighted by Gasteiger charge is 2.37. The van der Waals surface area contributed by atoms with Gasteiger partial charge in [-0.2, -0.15) is 13.7 Å². The Bertz CT molecular complexity index is 6210. The summed E-state index contributed by atoms with van der Waals surface area (Å²) >= 11 is 0. The Kier molecular flexibility index (Phi) is 30.8. The van der Waals surface area contributed by atoms with Crippen molar-refractivity contribution in [1.29, 1.82) is 0 Å². The maximum Gasteiger partial charge on any atom is 0.286 e. The van der Waals surface area contributed by atoms with Crippen LogP contribution >= 0.6 is 0 Å². The first-order chi connectivity index (χ1) is 60.8. The summed E-state index contributed by atoms with van der Waals surface area (Å²) in [6.45, 7) is 63.3. The average Bonchev–Trinajstić information content (AvgIpc) is 1.65. The van der Waals surface area contributed by atoms with Crippen LogP contribution in [-0.4, -0.2) is 14.1 Å². The summed E-state index contributed by atoms with van der Waals surface area (Å²) in [4.78, 5) is 4.42. The van der Waals surface area contributed by atoms with Crippen LogP contribution in [0.1, 0.15) is 297 Å². The number of aryl methyl sites for hydroxylation is 8. The lowest BCUT2D eigenvalue weighted by Gasteiger charge is -2.23. The summed E-state index contributed by atoms with van der Waals surface area (Å²) in [5.74, 6) is 4.56. The molecule has 7 aromatic heterocycles. The topological polar surface area (TPSA) is 49.9 Å². The van der Waals surface area contributed by atoms with E-state index in [1.54, 1.807) is 6.20 Å². The van der Waals surface area contributed by atoms with E-state index in [0.717, 1.165) is 22.3 Å². The minimum Gasteiger partial charge on any atom is -0.236 e. The number of hydrogen-bond acceptors (Lipinski definition) is 1. The molecule has 0 N–H and O–H groups in total. The summed E-state index contributed by atoms with van der Waals surface area (Å²) in [6.07, 6.45) is 16.8. The van der Waals surface area contributed by atoms with Crippen molar-refractivity contribution in [2.75, 3.05) is 0 Å². The van der Waals surface area contributed by atoms with Crippen molar-refractivity contribution in [2.24, 2.45) is 49.3 Å². The molecule has 0 fully saturated rings. The highest BCUT2D eigenvalue weighted by Crippen LogP contribution is 2.40. The van der Waals surface area contributed by atoms with Crippen LogP contribution in [0.15, 0.2) is 268 Å². The average molecular weight is 1720 g/mol.